The number of nitriles is 1. The van der Waals surface area contributed by atoms with Crippen LogP contribution in [0.25, 0.3) is 0 Å². The molecule has 0 saturated heterocycles. The number of hydrogen-bond donors (Lipinski definition) is 1. The van der Waals surface area contributed by atoms with Gasteiger partial charge in [-0.3, -0.25) is 14.3 Å². The predicted octanol–water partition coefficient (Wildman–Crippen LogP) is -1.01. The van der Waals surface area contributed by atoms with Crippen LogP contribution in [-0.2, 0) is 11.3 Å². The van der Waals surface area contributed by atoms with E-state index in [4.69, 9.17) is 10.00 Å². The summed E-state index contributed by atoms with van der Waals surface area (Å²) in [6.07, 6.45) is 1.25. The van der Waals surface area contributed by atoms with E-state index in [0.717, 1.165) is 6.54 Å². The molecule has 1 rings (SSSR count). The highest BCUT2D eigenvalue weighted by atomic mass is 16.5. The monoisotopic (exact) mass is 252 g/mol. The third kappa shape index (κ3) is 4.16. The Morgan fingerprint density at radius 3 is 2.78 bits per heavy atom. The maximum absolute atomic E-state index is 11.4. The van der Waals surface area contributed by atoms with E-state index in [-0.39, 0.29) is 5.56 Å². The van der Waals surface area contributed by atoms with Gasteiger partial charge < -0.3 is 9.64 Å². The standard InChI is InChI=1S/C11H16N4O3/c1-14(2)3-5-18-6-4-15-8-9(7-12)10(16)13-11(15)17/h8H,3-6H2,1-2H3,(H,13,16,17). The fourth-order valence-corrected chi connectivity index (χ4v) is 1.27. The molecule has 18 heavy (non-hydrogen) atoms. The number of ether oxygens (including phenoxy) is 1. The maximum atomic E-state index is 11.4. The zero-order valence-corrected chi connectivity index (χ0v) is 10.5. The van der Waals surface area contributed by atoms with Crippen molar-refractivity contribution in [2.75, 3.05) is 33.9 Å². The molecular weight excluding hydrogens is 236 g/mol. The number of rotatable bonds is 6. The second-order valence-electron chi connectivity index (χ2n) is 4.02. The van der Waals surface area contributed by atoms with Crippen LogP contribution < -0.4 is 11.2 Å². The molecule has 0 atom stereocenters. The summed E-state index contributed by atoms with van der Waals surface area (Å²) in [5, 5.41) is 8.68. The van der Waals surface area contributed by atoms with E-state index in [9.17, 15) is 9.59 Å². The highest BCUT2D eigenvalue weighted by molar-refractivity contribution is 5.21. The molecule has 7 nitrogen and oxygen atoms in total. The van der Waals surface area contributed by atoms with Crippen LogP contribution in [0.1, 0.15) is 5.56 Å². The Morgan fingerprint density at radius 2 is 2.17 bits per heavy atom. The SMILES string of the molecule is CN(C)CCOCCn1cc(C#N)c(=O)[nH]c1=O. The zero-order chi connectivity index (χ0) is 13.5. The van der Waals surface area contributed by atoms with E-state index in [1.165, 1.54) is 10.8 Å². The largest absolute Gasteiger partial charge is 0.378 e. The summed E-state index contributed by atoms with van der Waals surface area (Å²) in [4.78, 5) is 26.6. The maximum Gasteiger partial charge on any atom is 0.328 e. The third-order valence-electron chi connectivity index (χ3n) is 2.29. The summed E-state index contributed by atoms with van der Waals surface area (Å²) in [5.74, 6) is 0. The van der Waals surface area contributed by atoms with Gasteiger partial charge in [-0.25, -0.2) is 4.79 Å². The number of aromatic nitrogens is 2. The van der Waals surface area contributed by atoms with Gasteiger partial charge in [0.15, 0.2) is 0 Å². The topological polar surface area (TPSA) is 91.1 Å². The summed E-state index contributed by atoms with van der Waals surface area (Å²) in [6.45, 7) is 2.02. The molecule has 0 spiro atoms. The van der Waals surface area contributed by atoms with Crippen LogP contribution in [0.2, 0.25) is 0 Å². The normalized spacial score (nSPS) is 10.6. The summed E-state index contributed by atoms with van der Waals surface area (Å²) < 4.78 is 6.59. The Bertz CT molecular complexity index is 538. The molecule has 1 aromatic rings. The van der Waals surface area contributed by atoms with Crippen LogP contribution in [0.3, 0.4) is 0 Å². The second-order valence-corrected chi connectivity index (χ2v) is 4.02. The lowest BCUT2D eigenvalue weighted by Crippen LogP contribution is -2.32. The highest BCUT2D eigenvalue weighted by Crippen LogP contribution is 1.86. The lowest BCUT2D eigenvalue weighted by Gasteiger charge is -2.10. The first-order valence-electron chi connectivity index (χ1n) is 5.51. The first kappa shape index (κ1) is 14.2. The van der Waals surface area contributed by atoms with E-state index in [1.807, 2.05) is 19.0 Å². The molecule has 0 fully saturated rings. The predicted molar refractivity (Wildman–Crippen MR) is 65.4 cm³/mol. The van der Waals surface area contributed by atoms with Crippen molar-refractivity contribution in [3.8, 4) is 6.07 Å². The zero-order valence-electron chi connectivity index (χ0n) is 10.5. The number of hydrogen-bond acceptors (Lipinski definition) is 5. The molecule has 98 valence electrons. The van der Waals surface area contributed by atoms with Crippen LogP contribution in [0, 0.1) is 11.3 Å². The smallest absolute Gasteiger partial charge is 0.328 e. The molecular formula is C11H16N4O3. The molecule has 0 unspecified atom stereocenters. The molecule has 1 aromatic heterocycles. The Labute approximate surface area is 104 Å². The average Bonchev–Trinajstić information content (AvgIpc) is 2.30. The minimum atomic E-state index is -0.660. The van der Waals surface area contributed by atoms with Gasteiger partial charge in [-0.05, 0) is 14.1 Å². The lowest BCUT2D eigenvalue weighted by molar-refractivity contribution is 0.110. The van der Waals surface area contributed by atoms with Gasteiger partial charge in [-0.1, -0.05) is 0 Å². The van der Waals surface area contributed by atoms with E-state index in [0.29, 0.717) is 19.8 Å². The first-order chi connectivity index (χ1) is 8.54. The lowest BCUT2D eigenvalue weighted by atomic mass is 10.4. The second kappa shape index (κ2) is 6.74. The molecule has 1 heterocycles. The van der Waals surface area contributed by atoms with Gasteiger partial charge in [0.25, 0.3) is 5.56 Å². The number of likely N-dealkylation sites (N-methyl/N-ethyl adjacent to an activating group) is 1. The fraction of sp³-hybridized carbons (Fsp3) is 0.545. The minimum Gasteiger partial charge on any atom is -0.378 e. The molecule has 0 saturated carbocycles. The summed E-state index contributed by atoms with van der Waals surface area (Å²) in [5.41, 5.74) is -1.27. The van der Waals surface area contributed by atoms with Crippen LogP contribution in [0.5, 0.6) is 0 Å². The van der Waals surface area contributed by atoms with Crippen LogP contribution in [0.4, 0.5) is 0 Å². The molecule has 0 aromatic carbocycles. The third-order valence-corrected chi connectivity index (χ3v) is 2.29. The Morgan fingerprint density at radius 1 is 1.44 bits per heavy atom. The van der Waals surface area contributed by atoms with Crippen molar-refractivity contribution >= 4 is 0 Å². The van der Waals surface area contributed by atoms with Gasteiger partial charge in [0, 0.05) is 12.7 Å². The van der Waals surface area contributed by atoms with Crippen LogP contribution in [0.15, 0.2) is 15.8 Å². The molecule has 0 bridgehead atoms. The molecule has 7 heteroatoms. The van der Waals surface area contributed by atoms with Gasteiger partial charge >= 0.3 is 5.69 Å². The molecule has 0 radical (unpaired) electrons. The van der Waals surface area contributed by atoms with Gasteiger partial charge in [0.1, 0.15) is 11.6 Å². The van der Waals surface area contributed by atoms with Gasteiger partial charge in [-0.15, -0.1) is 0 Å². The van der Waals surface area contributed by atoms with Crippen molar-refractivity contribution in [3.05, 3.63) is 32.6 Å². The van der Waals surface area contributed by atoms with E-state index in [1.54, 1.807) is 6.07 Å². The van der Waals surface area contributed by atoms with Crippen molar-refractivity contribution in [1.82, 2.24) is 14.5 Å². The molecule has 1 N–H and O–H groups in total. The average molecular weight is 252 g/mol. The Kier molecular flexibility index (Phi) is 5.30. The minimum absolute atomic E-state index is 0.0807. The molecule has 0 aliphatic rings. The van der Waals surface area contributed by atoms with Crippen molar-refractivity contribution in [2.45, 2.75) is 6.54 Å². The van der Waals surface area contributed by atoms with Crippen molar-refractivity contribution in [1.29, 1.82) is 5.26 Å². The molecule has 0 aliphatic carbocycles. The van der Waals surface area contributed by atoms with Gasteiger partial charge in [0.2, 0.25) is 0 Å². The van der Waals surface area contributed by atoms with Gasteiger partial charge in [0.05, 0.1) is 19.8 Å². The number of aromatic amines is 1. The van der Waals surface area contributed by atoms with E-state index in [2.05, 4.69) is 4.98 Å². The summed E-state index contributed by atoms with van der Waals surface area (Å²) >= 11 is 0. The highest BCUT2D eigenvalue weighted by Gasteiger charge is 2.03. The summed E-state index contributed by atoms with van der Waals surface area (Å²) in [6, 6.07) is 1.73. The van der Waals surface area contributed by atoms with Crippen molar-refractivity contribution in [2.24, 2.45) is 0 Å². The Hall–Kier alpha value is -1.91. The quantitative estimate of drug-likeness (QED) is 0.655. The van der Waals surface area contributed by atoms with Crippen molar-refractivity contribution in [3.63, 3.8) is 0 Å². The Balaban J connectivity index is 2.56. The number of nitrogens with zero attached hydrogens (tertiary/aromatic N) is 3. The van der Waals surface area contributed by atoms with Crippen LogP contribution in [-0.4, -0.2) is 48.3 Å². The van der Waals surface area contributed by atoms with Crippen LogP contribution >= 0.6 is 0 Å². The first-order valence-corrected chi connectivity index (χ1v) is 5.51. The van der Waals surface area contributed by atoms with Crippen molar-refractivity contribution < 1.29 is 4.74 Å². The van der Waals surface area contributed by atoms with E-state index >= 15 is 0 Å². The summed E-state index contributed by atoms with van der Waals surface area (Å²) in [7, 11) is 3.88. The number of nitrogens with one attached hydrogen (secondary N) is 1. The number of H-pyrrole nitrogens is 1. The molecule has 0 aliphatic heterocycles. The van der Waals surface area contributed by atoms with E-state index < -0.39 is 11.2 Å². The van der Waals surface area contributed by atoms with Gasteiger partial charge in [-0.2, -0.15) is 5.26 Å². The fourth-order valence-electron chi connectivity index (χ4n) is 1.27. The molecule has 0 amide bonds.